The smallest absolute Gasteiger partial charge is 0.190 e. The van der Waals surface area contributed by atoms with Gasteiger partial charge in [0.1, 0.15) is 0 Å². The first-order valence-electron chi connectivity index (χ1n) is 8.26. The second-order valence-corrected chi connectivity index (χ2v) is 5.90. The molecule has 0 fully saturated rings. The van der Waals surface area contributed by atoms with Gasteiger partial charge in [-0.15, -0.1) is 0 Å². The van der Waals surface area contributed by atoms with Crippen molar-refractivity contribution in [2.75, 3.05) is 0 Å². The first-order chi connectivity index (χ1) is 12.3. The van der Waals surface area contributed by atoms with Gasteiger partial charge in [0, 0.05) is 11.8 Å². The van der Waals surface area contributed by atoms with E-state index < -0.39 is 0 Å². The van der Waals surface area contributed by atoms with Crippen LogP contribution >= 0.6 is 0 Å². The molecule has 0 radical (unpaired) electrons. The predicted molar refractivity (Wildman–Crippen MR) is 103 cm³/mol. The molecule has 3 aromatic carbocycles. The quantitative estimate of drug-likeness (QED) is 0.540. The topological polar surface area (TPSA) is 32.9 Å². The molecule has 0 amide bonds. The van der Waals surface area contributed by atoms with E-state index in [2.05, 4.69) is 4.98 Å². The minimum atomic E-state index is 0.0163. The van der Waals surface area contributed by atoms with Crippen LogP contribution in [0.3, 0.4) is 0 Å². The van der Waals surface area contributed by atoms with Gasteiger partial charge < -0.3 is 4.98 Å². The van der Waals surface area contributed by atoms with Crippen LogP contribution in [0.1, 0.15) is 0 Å². The second-order valence-electron chi connectivity index (χ2n) is 5.90. The molecule has 1 N–H and O–H groups in total. The Kier molecular flexibility index (Phi) is 4.01. The highest BCUT2D eigenvalue weighted by Gasteiger charge is 2.14. The van der Waals surface area contributed by atoms with Gasteiger partial charge in [0.25, 0.3) is 0 Å². The van der Waals surface area contributed by atoms with Gasteiger partial charge in [0.2, 0.25) is 0 Å². The molecule has 2 heteroatoms. The van der Waals surface area contributed by atoms with E-state index in [1.807, 2.05) is 91.0 Å². The number of hydrogen-bond donors (Lipinski definition) is 1. The van der Waals surface area contributed by atoms with E-state index in [0.717, 1.165) is 28.1 Å². The number of nitrogens with one attached hydrogen (secondary N) is 1. The summed E-state index contributed by atoms with van der Waals surface area (Å²) in [7, 11) is 0. The molecule has 1 aromatic heterocycles. The Labute approximate surface area is 146 Å². The first-order valence-corrected chi connectivity index (χ1v) is 8.26. The lowest BCUT2D eigenvalue weighted by Crippen LogP contribution is -2.08. The molecule has 25 heavy (non-hydrogen) atoms. The van der Waals surface area contributed by atoms with Crippen LogP contribution in [-0.4, -0.2) is 4.98 Å². The van der Waals surface area contributed by atoms with Crippen molar-refractivity contribution >= 4 is 0 Å². The Morgan fingerprint density at radius 2 is 1.04 bits per heavy atom. The molecular weight excluding hydrogens is 306 g/mol. The average molecular weight is 323 g/mol. The van der Waals surface area contributed by atoms with Crippen LogP contribution in [0.15, 0.2) is 102 Å². The number of benzene rings is 3. The third-order valence-electron chi connectivity index (χ3n) is 4.24. The Hall–Kier alpha value is -3.39. The molecule has 0 aliphatic carbocycles. The largest absolute Gasteiger partial charge is 0.354 e. The van der Waals surface area contributed by atoms with E-state index in [-0.39, 0.29) is 5.43 Å². The zero-order chi connectivity index (χ0) is 17.1. The van der Waals surface area contributed by atoms with E-state index in [4.69, 9.17) is 0 Å². The monoisotopic (exact) mass is 323 g/mol. The molecule has 2 nitrogen and oxygen atoms in total. The maximum atomic E-state index is 13.0. The fourth-order valence-corrected chi connectivity index (χ4v) is 3.05. The molecule has 0 saturated heterocycles. The Morgan fingerprint density at radius 3 is 1.60 bits per heavy atom. The molecule has 0 aliphatic rings. The van der Waals surface area contributed by atoms with Crippen LogP contribution in [0.2, 0.25) is 0 Å². The molecule has 0 aliphatic heterocycles. The molecular formula is C23H17NO. The van der Waals surface area contributed by atoms with Gasteiger partial charge >= 0.3 is 0 Å². The van der Waals surface area contributed by atoms with Crippen molar-refractivity contribution in [2.24, 2.45) is 0 Å². The number of aromatic nitrogens is 1. The lowest BCUT2D eigenvalue weighted by atomic mass is 9.97. The van der Waals surface area contributed by atoms with Gasteiger partial charge in [0.05, 0.1) is 11.3 Å². The lowest BCUT2D eigenvalue weighted by molar-refractivity contribution is 1.30. The molecule has 0 saturated carbocycles. The summed E-state index contributed by atoms with van der Waals surface area (Å²) in [4.78, 5) is 16.5. The van der Waals surface area contributed by atoms with Crippen molar-refractivity contribution in [3.8, 4) is 33.6 Å². The minimum Gasteiger partial charge on any atom is -0.354 e. The summed E-state index contributed by atoms with van der Waals surface area (Å²) in [6, 6.07) is 31.4. The molecule has 0 unspecified atom stereocenters. The number of pyridine rings is 1. The summed E-state index contributed by atoms with van der Waals surface area (Å²) < 4.78 is 0. The summed E-state index contributed by atoms with van der Waals surface area (Å²) in [5, 5.41) is 0. The Balaban J connectivity index is 2.01. The predicted octanol–water partition coefficient (Wildman–Crippen LogP) is 5.38. The van der Waals surface area contributed by atoms with Crippen LogP contribution < -0.4 is 5.43 Å². The van der Waals surface area contributed by atoms with Crippen molar-refractivity contribution in [3.05, 3.63) is 107 Å². The van der Waals surface area contributed by atoms with Crippen molar-refractivity contribution in [1.29, 1.82) is 0 Å². The van der Waals surface area contributed by atoms with Gasteiger partial charge in [-0.25, -0.2) is 0 Å². The van der Waals surface area contributed by atoms with E-state index in [0.29, 0.717) is 5.56 Å². The number of H-pyrrole nitrogens is 1. The summed E-state index contributed by atoms with van der Waals surface area (Å²) in [6.07, 6.45) is 0. The molecule has 0 atom stereocenters. The van der Waals surface area contributed by atoms with Crippen molar-refractivity contribution < 1.29 is 0 Å². The molecule has 1 heterocycles. The van der Waals surface area contributed by atoms with E-state index >= 15 is 0 Å². The zero-order valence-electron chi connectivity index (χ0n) is 13.6. The highest BCUT2D eigenvalue weighted by Crippen LogP contribution is 2.30. The number of rotatable bonds is 3. The SMILES string of the molecule is O=c1cc(-c2ccccc2)[nH]c(-c2ccccc2)c1-c1ccccc1. The number of aromatic amines is 1. The standard InChI is InChI=1S/C23H17NO/c25-21-16-20(17-10-4-1-5-11-17)24-23(19-14-8-3-9-15-19)22(21)18-12-6-2-7-13-18/h1-16H,(H,24,25). The third kappa shape index (κ3) is 3.02. The highest BCUT2D eigenvalue weighted by atomic mass is 16.1. The normalized spacial score (nSPS) is 10.6. The molecule has 120 valence electrons. The van der Waals surface area contributed by atoms with E-state index in [1.54, 1.807) is 6.07 Å². The third-order valence-corrected chi connectivity index (χ3v) is 4.24. The van der Waals surface area contributed by atoms with Crippen molar-refractivity contribution in [2.45, 2.75) is 0 Å². The fourth-order valence-electron chi connectivity index (χ4n) is 3.05. The first kappa shape index (κ1) is 15.2. The summed E-state index contributed by atoms with van der Waals surface area (Å²) in [5.74, 6) is 0. The Morgan fingerprint density at radius 1 is 0.560 bits per heavy atom. The number of hydrogen-bond acceptors (Lipinski definition) is 1. The molecule has 0 bridgehead atoms. The minimum absolute atomic E-state index is 0.0163. The molecule has 0 spiro atoms. The molecule has 4 rings (SSSR count). The highest BCUT2D eigenvalue weighted by molar-refractivity contribution is 5.82. The van der Waals surface area contributed by atoms with E-state index in [1.165, 1.54) is 0 Å². The fraction of sp³-hybridized carbons (Fsp3) is 0. The van der Waals surface area contributed by atoms with Crippen LogP contribution in [0.4, 0.5) is 0 Å². The van der Waals surface area contributed by atoms with E-state index in [9.17, 15) is 4.79 Å². The molecule has 4 aromatic rings. The van der Waals surface area contributed by atoms with Crippen LogP contribution in [0, 0.1) is 0 Å². The average Bonchev–Trinajstić information content (AvgIpc) is 2.69. The van der Waals surface area contributed by atoms with Gasteiger partial charge in [0.15, 0.2) is 5.43 Å². The second kappa shape index (κ2) is 6.62. The van der Waals surface area contributed by atoms with Crippen LogP contribution in [-0.2, 0) is 0 Å². The summed E-state index contributed by atoms with van der Waals surface area (Å²) >= 11 is 0. The zero-order valence-corrected chi connectivity index (χ0v) is 13.6. The van der Waals surface area contributed by atoms with Gasteiger partial charge in [-0.3, -0.25) is 4.79 Å². The van der Waals surface area contributed by atoms with Crippen LogP contribution in [0.5, 0.6) is 0 Å². The Bertz CT molecular complexity index is 1040. The van der Waals surface area contributed by atoms with Crippen LogP contribution in [0.25, 0.3) is 33.6 Å². The summed E-state index contributed by atoms with van der Waals surface area (Å²) in [6.45, 7) is 0. The lowest BCUT2D eigenvalue weighted by Gasteiger charge is -2.13. The summed E-state index contributed by atoms with van der Waals surface area (Å²) in [5.41, 5.74) is 5.30. The van der Waals surface area contributed by atoms with Crippen molar-refractivity contribution in [3.63, 3.8) is 0 Å². The maximum absolute atomic E-state index is 13.0. The van der Waals surface area contributed by atoms with Gasteiger partial charge in [-0.1, -0.05) is 91.0 Å². The maximum Gasteiger partial charge on any atom is 0.190 e. The van der Waals surface area contributed by atoms with Gasteiger partial charge in [-0.2, -0.15) is 0 Å². The van der Waals surface area contributed by atoms with Gasteiger partial charge in [-0.05, 0) is 16.7 Å². The van der Waals surface area contributed by atoms with Crippen molar-refractivity contribution in [1.82, 2.24) is 4.98 Å².